The summed E-state index contributed by atoms with van der Waals surface area (Å²) < 4.78 is 8.40. The van der Waals surface area contributed by atoms with Crippen LogP contribution in [0.3, 0.4) is 0 Å². The first-order valence-electron chi connectivity index (χ1n) is 16.8. The van der Waals surface area contributed by atoms with Crippen LogP contribution >= 0.6 is 0 Å². The minimum absolute atomic E-state index is 0.0753. The van der Waals surface area contributed by atoms with Crippen molar-refractivity contribution in [3.05, 3.63) is 166 Å². The van der Waals surface area contributed by atoms with Crippen LogP contribution in [-0.2, 0) is 0 Å². The predicted molar refractivity (Wildman–Crippen MR) is 204 cm³/mol. The fourth-order valence-corrected chi connectivity index (χ4v) is 8.85. The highest BCUT2D eigenvalue weighted by Crippen LogP contribution is 2.43. The first kappa shape index (κ1) is 26.1. The quantitative estimate of drug-likeness (QED) is 0.140. The summed E-state index contributed by atoms with van der Waals surface area (Å²) in [6.07, 6.45) is 0. The van der Waals surface area contributed by atoms with Crippen molar-refractivity contribution in [2.75, 3.05) is 0 Å². The lowest BCUT2D eigenvalue weighted by Gasteiger charge is -2.27. The maximum atomic E-state index is 14.7. The summed E-state index contributed by atoms with van der Waals surface area (Å²) in [6.45, 7) is 0. The normalized spacial score (nSPS) is 12.6. The molecule has 232 valence electrons. The van der Waals surface area contributed by atoms with Gasteiger partial charge in [0, 0.05) is 27.2 Å². The second-order valence-electron chi connectivity index (χ2n) is 13.3. The number of rotatable bonds is 2. The molecule has 0 saturated carbocycles. The van der Waals surface area contributed by atoms with E-state index in [0.29, 0.717) is 10.8 Å². The number of fused-ring (bicyclic) bond motifs is 6. The van der Waals surface area contributed by atoms with Crippen LogP contribution in [0.5, 0.6) is 0 Å². The zero-order chi connectivity index (χ0) is 32.8. The van der Waals surface area contributed by atoms with Crippen molar-refractivity contribution in [1.29, 1.82) is 0 Å². The van der Waals surface area contributed by atoms with Gasteiger partial charge in [-0.2, -0.15) is 0 Å². The van der Waals surface area contributed by atoms with Crippen molar-refractivity contribution in [3.63, 3.8) is 0 Å². The van der Waals surface area contributed by atoms with Gasteiger partial charge >= 0.3 is 0 Å². The van der Waals surface area contributed by atoms with Gasteiger partial charge in [-0.3, -0.25) is 22.8 Å². The summed E-state index contributed by atoms with van der Waals surface area (Å²) in [7, 11) is 0. The van der Waals surface area contributed by atoms with E-state index in [1.807, 2.05) is 75.5 Å². The van der Waals surface area contributed by atoms with E-state index in [2.05, 4.69) is 87.8 Å². The topological polar surface area (TPSA) is 52.3 Å². The first-order valence-corrected chi connectivity index (χ1v) is 16.8. The van der Waals surface area contributed by atoms with E-state index < -0.39 is 0 Å². The highest BCUT2D eigenvalue weighted by Gasteiger charge is 2.28. The highest BCUT2D eigenvalue weighted by molar-refractivity contribution is 6.27. The van der Waals surface area contributed by atoms with Gasteiger partial charge in [0.2, 0.25) is 0 Å². The molecule has 7 aromatic carbocycles. The number of hydrogen-bond donors (Lipinski definition) is 0. The van der Waals surface area contributed by atoms with Crippen molar-refractivity contribution < 1.29 is 0 Å². The Morgan fingerprint density at radius 3 is 1.38 bits per heavy atom. The summed E-state index contributed by atoms with van der Waals surface area (Å²) in [5.41, 5.74) is 11.0. The summed E-state index contributed by atoms with van der Waals surface area (Å²) in [4.78, 5) is 29.5. The van der Waals surface area contributed by atoms with Gasteiger partial charge in [0.05, 0.1) is 49.7 Å². The fourth-order valence-electron chi connectivity index (χ4n) is 8.85. The maximum absolute atomic E-state index is 14.7. The van der Waals surface area contributed by atoms with E-state index in [1.54, 1.807) is 0 Å². The van der Waals surface area contributed by atoms with Crippen molar-refractivity contribution in [2.45, 2.75) is 0 Å². The van der Waals surface area contributed by atoms with Crippen LogP contribution < -0.4 is 11.1 Å². The number of benzene rings is 7. The summed E-state index contributed by atoms with van der Waals surface area (Å²) in [5.74, 6) is 0. The average Bonchev–Trinajstić information content (AvgIpc) is 3.17. The number of nitrogens with zero attached hydrogens (tertiary/aromatic N) is 4. The van der Waals surface area contributed by atoms with Gasteiger partial charge in [0.1, 0.15) is 0 Å². The second-order valence-corrected chi connectivity index (χ2v) is 13.3. The Hall–Kier alpha value is -6.92. The summed E-state index contributed by atoms with van der Waals surface area (Å²) >= 11 is 0. The maximum Gasteiger partial charge on any atom is 0.263 e. The molecule has 12 rings (SSSR count). The monoisotopic (exact) mass is 640 g/mol. The molecule has 0 aliphatic heterocycles. The molecule has 0 radical (unpaired) electrons. The molecule has 0 bridgehead atoms. The molecule has 0 aliphatic carbocycles. The SMILES string of the molecule is O=c1c2ccccc2c2cc3c4ccccc4c(=O)n4c5cccc6c5n5c7c(cccc7n1c2c5c34)n6-c1cccc(-c2ccccc2)c1. The molecule has 0 atom stereocenters. The Morgan fingerprint density at radius 2 is 0.800 bits per heavy atom. The molecule has 0 fully saturated rings. The number of aromatic nitrogens is 4. The van der Waals surface area contributed by atoms with E-state index in [4.69, 9.17) is 0 Å². The van der Waals surface area contributed by atoms with Crippen LogP contribution in [-0.4, -0.2) is 17.8 Å². The van der Waals surface area contributed by atoms with Gasteiger partial charge in [-0.1, -0.05) is 91.0 Å². The molecule has 6 nitrogen and oxygen atoms in total. The third kappa shape index (κ3) is 2.97. The van der Waals surface area contributed by atoms with E-state index in [9.17, 15) is 9.59 Å². The zero-order valence-electron chi connectivity index (χ0n) is 26.5. The standard InChI is InChI=1S/C44H24N4O2/c49-43-30-17-6-4-15-28(30)32-24-33-29-16-5-7-18-31(29)44(50)47-37-22-10-20-35-41(37)48-40-34(19-9-21-36(40)46(43)38(32)42(48)39(33)47)45(35)27-14-8-13-26(23-27)25-11-2-1-3-12-25/h1-24H. The Morgan fingerprint density at radius 1 is 0.320 bits per heavy atom. The molecule has 6 heteroatoms. The average molecular weight is 641 g/mol. The molecular formula is C44H24N4O2. The zero-order valence-corrected chi connectivity index (χ0v) is 26.5. The van der Waals surface area contributed by atoms with Crippen LogP contribution in [0.25, 0.3) is 98.8 Å². The Balaban J connectivity index is 1.44. The van der Waals surface area contributed by atoms with E-state index in [0.717, 1.165) is 88.0 Å². The largest absolute Gasteiger partial charge is 0.306 e. The summed E-state index contributed by atoms with van der Waals surface area (Å²) in [5, 5.41) is 5.09. The van der Waals surface area contributed by atoms with Crippen LogP contribution in [0.4, 0.5) is 0 Å². The lowest BCUT2D eigenvalue weighted by atomic mass is 9.97. The van der Waals surface area contributed by atoms with Crippen LogP contribution in [0.2, 0.25) is 0 Å². The van der Waals surface area contributed by atoms with Gasteiger partial charge in [-0.25, -0.2) is 0 Å². The Kier molecular flexibility index (Phi) is 4.67. The van der Waals surface area contributed by atoms with Crippen LogP contribution in [0.1, 0.15) is 0 Å². The van der Waals surface area contributed by atoms with E-state index in [-0.39, 0.29) is 11.1 Å². The third-order valence-corrected chi connectivity index (χ3v) is 10.8. The molecule has 0 unspecified atom stereocenters. The van der Waals surface area contributed by atoms with Gasteiger partial charge in [0.15, 0.2) is 0 Å². The molecule has 0 spiro atoms. The lowest BCUT2D eigenvalue weighted by molar-refractivity contribution is 1.08. The molecule has 0 N–H and O–H groups in total. The second kappa shape index (κ2) is 8.95. The lowest BCUT2D eigenvalue weighted by Crippen LogP contribution is -2.23. The molecule has 5 heterocycles. The predicted octanol–water partition coefficient (Wildman–Crippen LogP) is 9.42. The molecule has 12 aromatic rings. The third-order valence-electron chi connectivity index (χ3n) is 10.8. The van der Waals surface area contributed by atoms with Crippen molar-refractivity contribution in [2.24, 2.45) is 0 Å². The molecule has 0 aliphatic rings. The van der Waals surface area contributed by atoms with Gasteiger partial charge < -0.3 is 4.57 Å². The molecule has 50 heavy (non-hydrogen) atoms. The van der Waals surface area contributed by atoms with Crippen molar-refractivity contribution in [3.8, 4) is 16.8 Å². The Bertz CT molecular complexity index is 3340. The minimum atomic E-state index is -0.0753. The molecule has 0 saturated heterocycles. The van der Waals surface area contributed by atoms with E-state index >= 15 is 0 Å². The van der Waals surface area contributed by atoms with Crippen LogP contribution in [0, 0.1) is 0 Å². The molecule has 0 amide bonds. The van der Waals surface area contributed by atoms with Gasteiger partial charge in [-0.05, 0) is 76.5 Å². The minimum Gasteiger partial charge on any atom is -0.306 e. The molecule has 5 aromatic heterocycles. The van der Waals surface area contributed by atoms with Crippen LogP contribution in [0.15, 0.2) is 155 Å². The first-order chi connectivity index (χ1) is 24.7. The number of hydrogen-bond acceptors (Lipinski definition) is 2. The van der Waals surface area contributed by atoms with Crippen molar-refractivity contribution in [1.82, 2.24) is 17.8 Å². The van der Waals surface area contributed by atoms with Crippen molar-refractivity contribution >= 4 is 82.0 Å². The van der Waals surface area contributed by atoms with Gasteiger partial charge in [0.25, 0.3) is 11.1 Å². The number of pyridine rings is 2. The Labute approximate surface area is 282 Å². The fraction of sp³-hybridized carbons (Fsp3) is 0. The van der Waals surface area contributed by atoms with E-state index in [1.165, 1.54) is 0 Å². The smallest absolute Gasteiger partial charge is 0.263 e. The van der Waals surface area contributed by atoms with Gasteiger partial charge in [-0.15, -0.1) is 0 Å². The summed E-state index contributed by atoms with van der Waals surface area (Å²) in [6, 6.07) is 49.4. The highest BCUT2D eigenvalue weighted by atomic mass is 16.1. The molecular weight excluding hydrogens is 617 g/mol. The number of para-hydroxylation sites is 2.